The molecule has 0 bridgehead atoms. The molecular weight excluding hydrogens is 571 g/mol. The molecule has 0 saturated carbocycles. The molecule has 0 aliphatic carbocycles. The van der Waals surface area contributed by atoms with E-state index in [-0.39, 0.29) is 18.0 Å². The summed E-state index contributed by atoms with van der Waals surface area (Å²) in [5, 5.41) is 32.0. The normalized spacial score (nSPS) is 13.8. The highest BCUT2D eigenvalue weighted by molar-refractivity contribution is 14.1. The van der Waals surface area contributed by atoms with Gasteiger partial charge in [-0.05, 0) is 103 Å². The summed E-state index contributed by atoms with van der Waals surface area (Å²) in [4.78, 5) is 1.58. The predicted octanol–water partition coefficient (Wildman–Crippen LogP) is 6.34. The Morgan fingerprint density at radius 2 is 1.62 bits per heavy atom. The number of hydrogen-bond donors (Lipinski definition) is 1. The van der Waals surface area contributed by atoms with Crippen molar-refractivity contribution in [1.82, 2.24) is 20.3 Å². The Bertz CT molecular complexity index is 1410. The van der Waals surface area contributed by atoms with E-state index in [1.54, 1.807) is 17.2 Å². The van der Waals surface area contributed by atoms with Crippen LogP contribution in [0.25, 0.3) is 5.69 Å². The Kier molecular flexibility index (Phi) is 8.38. The fourth-order valence-electron chi connectivity index (χ4n) is 4.64. The van der Waals surface area contributed by atoms with Crippen LogP contribution in [0, 0.1) is 31.6 Å². The third-order valence-corrected chi connectivity index (χ3v) is 7.43. The van der Waals surface area contributed by atoms with Gasteiger partial charge in [-0.15, -0.1) is 0 Å². The maximum absolute atomic E-state index is 10.1. The second kappa shape index (κ2) is 11.7. The zero-order chi connectivity index (χ0) is 26.4. The summed E-state index contributed by atoms with van der Waals surface area (Å²) in [5.41, 5.74) is 4.11. The number of nitrogens with zero attached hydrogens (tertiary/aromatic N) is 5. The molecule has 1 aromatic heterocycles. The van der Waals surface area contributed by atoms with E-state index in [1.165, 1.54) is 9.13 Å². The Morgan fingerprint density at radius 3 is 2.30 bits per heavy atom. The molecule has 186 valence electrons. The molecule has 6 nitrogen and oxygen atoms in total. The minimum absolute atomic E-state index is 0.00247. The Balaban J connectivity index is 1.71. The Labute approximate surface area is 232 Å². The monoisotopic (exact) mass is 600 g/mol. The summed E-state index contributed by atoms with van der Waals surface area (Å²) < 4.78 is 1.19. The zero-order valence-corrected chi connectivity index (χ0v) is 23.3. The highest BCUT2D eigenvalue weighted by atomic mass is 127. The average Bonchev–Trinajstić information content (AvgIpc) is 3.46. The van der Waals surface area contributed by atoms with Crippen molar-refractivity contribution in [2.75, 3.05) is 0 Å². The van der Waals surface area contributed by atoms with Crippen LogP contribution in [0.3, 0.4) is 0 Å². The van der Waals surface area contributed by atoms with Gasteiger partial charge in [0.1, 0.15) is 0 Å². The van der Waals surface area contributed by atoms with E-state index in [4.69, 9.17) is 0 Å². The minimum atomic E-state index is -0.688. The van der Waals surface area contributed by atoms with Crippen LogP contribution in [0.1, 0.15) is 55.0 Å². The van der Waals surface area contributed by atoms with Crippen molar-refractivity contribution in [3.63, 3.8) is 0 Å². The van der Waals surface area contributed by atoms with Crippen LogP contribution >= 0.6 is 22.6 Å². The fraction of sp³-hybridized carbons (Fsp3) is 0.267. The summed E-state index contributed by atoms with van der Waals surface area (Å²) in [5.74, 6) is 0.0846. The van der Waals surface area contributed by atoms with Crippen LogP contribution in [0.2, 0.25) is 0 Å². The van der Waals surface area contributed by atoms with E-state index in [0.717, 1.165) is 23.2 Å². The molecule has 7 heteroatoms. The molecule has 3 aromatic carbocycles. The summed E-state index contributed by atoms with van der Waals surface area (Å²) in [7, 11) is 0. The van der Waals surface area contributed by atoms with Gasteiger partial charge in [0, 0.05) is 15.5 Å². The van der Waals surface area contributed by atoms with Gasteiger partial charge in [-0.3, -0.25) is 0 Å². The molecule has 0 spiro atoms. The largest absolute Gasteiger partial charge is 0.305 e. The Morgan fingerprint density at radius 1 is 0.946 bits per heavy atom. The lowest BCUT2D eigenvalue weighted by molar-refractivity contribution is 0.281. The number of aromatic nitrogens is 3. The molecule has 0 amide bonds. The van der Waals surface area contributed by atoms with Crippen molar-refractivity contribution < 1.29 is 0 Å². The maximum Gasteiger partial charge on any atom is 0.0991 e. The zero-order valence-electron chi connectivity index (χ0n) is 21.1. The van der Waals surface area contributed by atoms with E-state index in [9.17, 15) is 10.5 Å². The van der Waals surface area contributed by atoms with Crippen molar-refractivity contribution in [3.05, 3.63) is 111 Å². The summed E-state index contributed by atoms with van der Waals surface area (Å²) in [6.07, 6.45) is 4.10. The van der Waals surface area contributed by atoms with E-state index < -0.39 is 5.41 Å². The lowest BCUT2D eigenvalue weighted by atomic mass is 9.79. The van der Waals surface area contributed by atoms with Gasteiger partial charge in [-0.25, -0.2) is 0 Å². The maximum atomic E-state index is 10.1. The first-order valence-corrected chi connectivity index (χ1v) is 13.3. The van der Waals surface area contributed by atoms with Crippen LogP contribution in [0.5, 0.6) is 0 Å². The molecule has 0 saturated heterocycles. The van der Waals surface area contributed by atoms with Crippen molar-refractivity contribution in [1.29, 1.82) is 10.5 Å². The molecule has 1 N–H and O–H groups in total. The van der Waals surface area contributed by atoms with Crippen molar-refractivity contribution in [3.8, 4) is 17.8 Å². The summed E-state index contributed by atoms with van der Waals surface area (Å²) in [6, 6.07) is 28.9. The van der Waals surface area contributed by atoms with Gasteiger partial charge in [-0.1, -0.05) is 36.4 Å². The molecule has 37 heavy (non-hydrogen) atoms. The van der Waals surface area contributed by atoms with Crippen LogP contribution in [0.4, 0.5) is 0 Å². The van der Waals surface area contributed by atoms with E-state index in [1.807, 2.05) is 56.3 Å². The fourth-order valence-corrected chi connectivity index (χ4v) is 5.00. The quantitative estimate of drug-likeness (QED) is 0.227. The van der Waals surface area contributed by atoms with Gasteiger partial charge in [0.15, 0.2) is 0 Å². The van der Waals surface area contributed by atoms with Crippen molar-refractivity contribution in [2.45, 2.75) is 45.2 Å². The van der Waals surface area contributed by atoms with Crippen LogP contribution < -0.4 is 5.32 Å². The molecule has 1 unspecified atom stereocenters. The smallest absolute Gasteiger partial charge is 0.0991 e. The molecule has 4 rings (SSSR count). The number of halogens is 1. The van der Waals surface area contributed by atoms with Gasteiger partial charge >= 0.3 is 0 Å². The average molecular weight is 601 g/mol. The topological polar surface area (TPSA) is 90.3 Å². The first-order valence-electron chi connectivity index (χ1n) is 12.2. The molecule has 0 fully saturated rings. The van der Waals surface area contributed by atoms with Crippen molar-refractivity contribution >= 4 is 22.6 Å². The molecule has 1 heterocycles. The van der Waals surface area contributed by atoms with Gasteiger partial charge in [0.05, 0.1) is 47.2 Å². The first-order chi connectivity index (χ1) is 17.8. The Hall–Kier alpha value is -3.53. The third-order valence-electron chi connectivity index (χ3n) is 6.71. The van der Waals surface area contributed by atoms with Gasteiger partial charge in [0.2, 0.25) is 0 Å². The number of hydrogen-bond acceptors (Lipinski definition) is 5. The van der Waals surface area contributed by atoms with Gasteiger partial charge in [0.25, 0.3) is 0 Å². The summed E-state index contributed by atoms with van der Waals surface area (Å²) in [6.45, 7) is 6.08. The molecular formula is C30H29IN6. The molecule has 0 aliphatic rings. The van der Waals surface area contributed by atoms with Crippen LogP contribution in [0.15, 0.2) is 85.2 Å². The van der Waals surface area contributed by atoms with Crippen LogP contribution in [-0.2, 0) is 6.42 Å². The number of nitriles is 2. The lowest BCUT2D eigenvalue weighted by Gasteiger charge is -2.36. The molecule has 4 aromatic rings. The molecule has 3 atom stereocenters. The van der Waals surface area contributed by atoms with Gasteiger partial charge in [-0.2, -0.15) is 25.5 Å². The van der Waals surface area contributed by atoms with Gasteiger partial charge < -0.3 is 5.32 Å². The predicted molar refractivity (Wildman–Crippen MR) is 153 cm³/mol. The highest BCUT2D eigenvalue weighted by Gasteiger charge is 2.34. The first kappa shape index (κ1) is 26.5. The van der Waals surface area contributed by atoms with Crippen LogP contribution in [-0.4, -0.2) is 21.0 Å². The lowest BCUT2D eigenvalue weighted by Crippen LogP contribution is -2.42. The number of rotatable bonds is 9. The highest BCUT2D eigenvalue weighted by Crippen LogP contribution is 2.36. The minimum Gasteiger partial charge on any atom is -0.305 e. The third kappa shape index (κ3) is 6.43. The second-order valence-electron chi connectivity index (χ2n) is 9.81. The SMILES string of the molecule is C[C@H](NC(c1cccc(-n2nccn2)c1)C(C)(C)C#N)[C@@H](Cc1ccc(I)cc1)c1cccc(C#N)c1. The van der Waals surface area contributed by atoms with E-state index in [2.05, 4.69) is 87.5 Å². The molecule has 0 aliphatic heterocycles. The standard InChI is InChI=1S/C30H29IN6/c1-21(28(17-22-10-12-26(31)13-11-22)24-7-4-6-23(16-24)19-32)36-29(30(2,3)20-33)25-8-5-9-27(18-25)37-34-14-15-35-37/h4-16,18,21,28-29,36H,17H2,1-3H3/t21-,28+,29?/m0/s1. The number of nitrogens with one attached hydrogen (secondary N) is 1. The summed E-state index contributed by atoms with van der Waals surface area (Å²) >= 11 is 2.32. The second-order valence-corrected chi connectivity index (χ2v) is 11.1. The molecule has 0 radical (unpaired) electrons. The van der Waals surface area contributed by atoms with Crippen molar-refractivity contribution in [2.24, 2.45) is 5.41 Å². The number of benzene rings is 3. The van der Waals surface area contributed by atoms with E-state index >= 15 is 0 Å². The van der Waals surface area contributed by atoms with E-state index in [0.29, 0.717) is 5.56 Å².